The van der Waals surface area contributed by atoms with E-state index in [1.54, 1.807) is 25.6 Å². The van der Waals surface area contributed by atoms with Gasteiger partial charge in [-0.15, -0.1) is 0 Å². The summed E-state index contributed by atoms with van der Waals surface area (Å²) in [5.74, 6) is 1.09. The zero-order valence-corrected chi connectivity index (χ0v) is 14.7. The zero-order chi connectivity index (χ0) is 18.6. The Balaban J connectivity index is 1.63. The number of hydrogen-bond acceptors (Lipinski definition) is 5. The normalized spacial score (nSPS) is 13.8. The molecule has 1 aliphatic heterocycles. The third kappa shape index (κ3) is 3.55. The summed E-state index contributed by atoms with van der Waals surface area (Å²) in [5, 5.41) is 3.28. The SMILES string of the molecule is COC1=C(c2ccc(-c3cccc(F)c3)cn2)NC(c2ccccn2)=NC1. The minimum absolute atomic E-state index is 0.272. The number of rotatable bonds is 4. The number of methoxy groups -OCH3 is 1. The fourth-order valence-electron chi connectivity index (χ4n) is 2.86. The van der Waals surface area contributed by atoms with Gasteiger partial charge in [-0.05, 0) is 35.9 Å². The second-order valence-corrected chi connectivity index (χ2v) is 5.95. The molecular weight excluding hydrogens is 343 g/mol. The molecule has 6 heteroatoms. The molecule has 2 aromatic heterocycles. The molecule has 3 aromatic rings. The van der Waals surface area contributed by atoms with E-state index in [2.05, 4.69) is 20.3 Å². The van der Waals surface area contributed by atoms with Crippen molar-refractivity contribution in [1.82, 2.24) is 15.3 Å². The first-order valence-corrected chi connectivity index (χ1v) is 8.47. The highest BCUT2D eigenvalue weighted by Gasteiger charge is 2.20. The number of benzene rings is 1. The molecule has 134 valence electrons. The minimum atomic E-state index is -0.272. The first-order chi connectivity index (χ1) is 13.2. The van der Waals surface area contributed by atoms with Crippen LogP contribution in [0.25, 0.3) is 16.8 Å². The molecule has 1 aliphatic rings. The van der Waals surface area contributed by atoms with Crippen LogP contribution >= 0.6 is 0 Å². The number of aromatic nitrogens is 2. The molecule has 0 atom stereocenters. The van der Waals surface area contributed by atoms with Crippen molar-refractivity contribution in [3.05, 3.63) is 90.0 Å². The van der Waals surface area contributed by atoms with Crippen LogP contribution in [0.5, 0.6) is 0 Å². The highest BCUT2D eigenvalue weighted by atomic mass is 19.1. The van der Waals surface area contributed by atoms with Gasteiger partial charge < -0.3 is 10.1 Å². The highest BCUT2D eigenvalue weighted by molar-refractivity contribution is 6.03. The number of halogens is 1. The summed E-state index contributed by atoms with van der Waals surface area (Å²) in [4.78, 5) is 13.4. The second kappa shape index (κ2) is 7.37. The maximum atomic E-state index is 13.5. The Bertz CT molecular complexity index is 1010. The largest absolute Gasteiger partial charge is 0.497 e. The lowest BCUT2D eigenvalue weighted by atomic mass is 10.1. The second-order valence-electron chi connectivity index (χ2n) is 5.95. The monoisotopic (exact) mass is 360 g/mol. The summed E-state index contributed by atoms with van der Waals surface area (Å²) >= 11 is 0. The van der Waals surface area contributed by atoms with E-state index in [-0.39, 0.29) is 5.82 Å². The molecule has 0 amide bonds. The van der Waals surface area contributed by atoms with Gasteiger partial charge in [0.1, 0.15) is 29.5 Å². The predicted molar refractivity (Wildman–Crippen MR) is 102 cm³/mol. The van der Waals surface area contributed by atoms with Crippen molar-refractivity contribution >= 4 is 11.5 Å². The van der Waals surface area contributed by atoms with Gasteiger partial charge in [-0.25, -0.2) is 4.39 Å². The van der Waals surface area contributed by atoms with Crippen LogP contribution in [0.4, 0.5) is 4.39 Å². The van der Waals surface area contributed by atoms with Crippen molar-refractivity contribution in [1.29, 1.82) is 0 Å². The van der Waals surface area contributed by atoms with Gasteiger partial charge in [-0.3, -0.25) is 15.0 Å². The predicted octanol–water partition coefficient (Wildman–Crippen LogP) is 3.65. The molecule has 5 nitrogen and oxygen atoms in total. The summed E-state index contributed by atoms with van der Waals surface area (Å²) in [6, 6.07) is 15.9. The Labute approximate surface area is 156 Å². The molecule has 0 unspecified atom stereocenters. The van der Waals surface area contributed by atoms with Crippen LogP contribution in [0.3, 0.4) is 0 Å². The van der Waals surface area contributed by atoms with E-state index < -0.39 is 0 Å². The van der Waals surface area contributed by atoms with Crippen molar-refractivity contribution in [2.75, 3.05) is 13.7 Å². The molecule has 0 saturated heterocycles. The van der Waals surface area contributed by atoms with Crippen molar-refractivity contribution in [2.24, 2.45) is 4.99 Å². The van der Waals surface area contributed by atoms with Crippen LogP contribution in [-0.4, -0.2) is 29.5 Å². The van der Waals surface area contributed by atoms with E-state index >= 15 is 0 Å². The maximum absolute atomic E-state index is 13.5. The molecular formula is C21H17FN4O. The van der Waals surface area contributed by atoms with E-state index in [0.717, 1.165) is 28.2 Å². The van der Waals surface area contributed by atoms with Crippen molar-refractivity contribution < 1.29 is 9.13 Å². The molecule has 0 spiro atoms. The number of amidine groups is 1. The van der Waals surface area contributed by atoms with Crippen LogP contribution < -0.4 is 5.32 Å². The van der Waals surface area contributed by atoms with Crippen LogP contribution in [0, 0.1) is 5.82 Å². The van der Waals surface area contributed by atoms with Gasteiger partial charge in [-0.1, -0.05) is 24.3 Å². The molecule has 0 fully saturated rings. The molecule has 1 aromatic carbocycles. The van der Waals surface area contributed by atoms with Gasteiger partial charge in [-0.2, -0.15) is 0 Å². The fraction of sp³-hybridized carbons (Fsp3) is 0.0952. The van der Waals surface area contributed by atoms with Crippen molar-refractivity contribution in [2.45, 2.75) is 0 Å². The summed E-state index contributed by atoms with van der Waals surface area (Å²) < 4.78 is 18.9. The third-order valence-corrected chi connectivity index (χ3v) is 4.23. The number of aliphatic imine (C=N–C) groups is 1. The van der Waals surface area contributed by atoms with Gasteiger partial charge in [0.2, 0.25) is 0 Å². The van der Waals surface area contributed by atoms with Crippen LogP contribution in [0.15, 0.2) is 77.7 Å². The molecule has 1 N–H and O–H groups in total. The molecule has 3 heterocycles. The van der Waals surface area contributed by atoms with Gasteiger partial charge >= 0.3 is 0 Å². The average molecular weight is 360 g/mol. The Morgan fingerprint density at radius 2 is 1.89 bits per heavy atom. The fourth-order valence-corrected chi connectivity index (χ4v) is 2.86. The molecule has 0 bridgehead atoms. The number of nitrogens with one attached hydrogen (secondary N) is 1. The number of hydrogen-bond donors (Lipinski definition) is 1. The molecule has 27 heavy (non-hydrogen) atoms. The Hall–Kier alpha value is -3.54. The summed E-state index contributed by atoms with van der Waals surface area (Å²) in [6.07, 6.45) is 3.44. The summed E-state index contributed by atoms with van der Waals surface area (Å²) in [6.45, 7) is 0.401. The van der Waals surface area contributed by atoms with Gasteiger partial charge in [0.25, 0.3) is 0 Å². The standard InChI is InChI=1S/C21H17FN4O/c1-27-19-13-25-21(18-7-2-3-10-23-18)26-20(19)17-9-8-15(12-24-17)14-5-4-6-16(22)11-14/h2-12H,13H2,1H3,(H,25,26). The Morgan fingerprint density at radius 3 is 2.59 bits per heavy atom. The summed E-state index contributed by atoms with van der Waals surface area (Å²) in [5.41, 5.74) is 3.84. The number of pyridine rings is 2. The quantitative estimate of drug-likeness (QED) is 0.772. The van der Waals surface area contributed by atoms with Crippen molar-refractivity contribution in [3.8, 4) is 11.1 Å². The first kappa shape index (κ1) is 16.9. The zero-order valence-electron chi connectivity index (χ0n) is 14.7. The van der Waals surface area contributed by atoms with Crippen LogP contribution in [0.1, 0.15) is 11.4 Å². The van der Waals surface area contributed by atoms with Gasteiger partial charge in [0.05, 0.1) is 12.8 Å². The van der Waals surface area contributed by atoms with E-state index in [0.29, 0.717) is 18.1 Å². The Kier molecular flexibility index (Phi) is 4.61. The van der Waals surface area contributed by atoms with E-state index in [1.165, 1.54) is 12.1 Å². The lowest BCUT2D eigenvalue weighted by Gasteiger charge is -2.20. The van der Waals surface area contributed by atoms with Crippen LogP contribution in [-0.2, 0) is 4.74 Å². The topological polar surface area (TPSA) is 59.4 Å². The molecule has 0 aliphatic carbocycles. The molecule has 4 rings (SSSR count). The third-order valence-electron chi connectivity index (χ3n) is 4.23. The minimum Gasteiger partial charge on any atom is -0.497 e. The lowest BCUT2D eigenvalue weighted by molar-refractivity contribution is 0.287. The van der Waals surface area contributed by atoms with Gasteiger partial charge in [0.15, 0.2) is 5.84 Å². The molecule has 0 radical (unpaired) electrons. The van der Waals surface area contributed by atoms with Crippen LogP contribution in [0.2, 0.25) is 0 Å². The van der Waals surface area contributed by atoms with E-state index in [9.17, 15) is 4.39 Å². The highest BCUT2D eigenvalue weighted by Crippen LogP contribution is 2.23. The average Bonchev–Trinajstić information content (AvgIpc) is 2.74. The van der Waals surface area contributed by atoms with E-state index in [1.807, 2.05) is 36.4 Å². The Morgan fingerprint density at radius 1 is 0.963 bits per heavy atom. The molecule has 0 saturated carbocycles. The van der Waals surface area contributed by atoms with Gasteiger partial charge in [0, 0.05) is 18.0 Å². The van der Waals surface area contributed by atoms with E-state index in [4.69, 9.17) is 4.74 Å². The lowest BCUT2D eigenvalue weighted by Crippen LogP contribution is -2.30. The van der Waals surface area contributed by atoms with Crippen molar-refractivity contribution in [3.63, 3.8) is 0 Å². The smallest absolute Gasteiger partial charge is 0.152 e. The maximum Gasteiger partial charge on any atom is 0.152 e. The summed E-state index contributed by atoms with van der Waals surface area (Å²) in [7, 11) is 1.61. The first-order valence-electron chi connectivity index (χ1n) is 8.47. The number of ether oxygens (including phenoxy) is 1. The number of nitrogens with zero attached hydrogens (tertiary/aromatic N) is 3.